The van der Waals surface area contributed by atoms with Crippen molar-refractivity contribution in [2.45, 2.75) is 32.1 Å². The zero-order chi connectivity index (χ0) is 13.4. The Morgan fingerprint density at radius 1 is 1.39 bits per heavy atom. The van der Waals surface area contributed by atoms with Crippen molar-refractivity contribution in [3.63, 3.8) is 0 Å². The Labute approximate surface area is 106 Å². The van der Waals surface area contributed by atoms with Crippen molar-refractivity contribution in [3.8, 4) is 0 Å². The van der Waals surface area contributed by atoms with Gasteiger partial charge in [0.25, 0.3) is 0 Å². The molecule has 5 heteroatoms. The number of nitrogens with one attached hydrogen (secondary N) is 1. The number of hydrogen-bond acceptors (Lipinski definition) is 4. The lowest BCUT2D eigenvalue weighted by Crippen LogP contribution is -2.41. The number of hydrogen-bond donors (Lipinski definition) is 3. The van der Waals surface area contributed by atoms with Crippen LogP contribution in [0.2, 0.25) is 0 Å². The van der Waals surface area contributed by atoms with Crippen LogP contribution in [0.4, 0.5) is 4.79 Å². The molecule has 5 nitrogen and oxygen atoms in total. The molecule has 1 amide bonds. The summed E-state index contributed by atoms with van der Waals surface area (Å²) in [6, 6.07) is 8.88. The van der Waals surface area contributed by atoms with E-state index >= 15 is 0 Å². The molecule has 0 aliphatic heterocycles. The summed E-state index contributed by atoms with van der Waals surface area (Å²) in [4.78, 5) is 11.4. The Kier molecular flexibility index (Phi) is 6.18. The van der Waals surface area contributed by atoms with E-state index in [9.17, 15) is 9.90 Å². The Balaban J connectivity index is 2.29. The maximum atomic E-state index is 11.4. The molecule has 0 saturated carbocycles. The molecule has 0 spiro atoms. The molecule has 0 saturated heterocycles. The van der Waals surface area contributed by atoms with E-state index in [0.717, 1.165) is 5.56 Å². The minimum absolute atomic E-state index is 0.119. The maximum absolute atomic E-state index is 11.4. The molecule has 0 bridgehead atoms. The molecule has 3 N–H and O–H groups in total. The molecule has 1 rings (SSSR count). The van der Waals surface area contributed by atoms with Crippen molar-refractivity contribution in [2.24, 2.45) is 0 Å². The molecule has 0 aromatic heterocycles. The largest absolute Gasteiger partial charge is 0.445 e. The molecular formula is C13H19NO4. The first-order chi connectivity index (χ1) is 8.63. The van der Waals surface area contributed by atoms with Gasteiger partial charge in [-0.2, -0.15) is 0 Å². The van der Waals surface area contributed by atoms with Gasteiger partial charge in [-0.05, 0) is 18.9 Å². The van der Waals surface area contributed by atoms with Gasteiger partial charge in [-0.15, -0.1) is 0 Å². The van der Waals surface area contributed by atoms with E-state index in [1.807, 2.05) is 30.3 Å². The number of amides is 1. The smallest absolute Gasteiger partial charge is 0.407 e. The summed E-state index contributed by atoms with van der Waals surface area (Å²) >= 11 is 0. The van der Waals surface area contributed by atoms with E-state index in [1.54, 1.807) is 6.92 Å². The van der Waals surface area contributed by atoms with Crippen LogP contribution in [0.25, 0.3) is 0 Å². The van der Waals surface area contributed by atoms with Crippen LogP contribution in [-0.2, 0) is 11.3 Å². The van der Waals surface area contributed by atoms with E-state index in [1.165, 1.54) is 0 Å². The van der Waals surface area contributed by atoms with Crippen molar-refractivity contribution in [1.29, 1.82) is 0 Å². The molecule has 0 heterocycles. The molecule has 0 aliphatic carbocycles. The normalized spacial score (nSPS) is 13.7. The van der Waals surface area contributed by atoms with Crippen LogP contribution in [-0.4, -0.2) is 35.1 Å². The van der Waals surface area contributed by atoms with Gasteiger partial charge in [0.1, 0.15) is 6.61 Å². The Hall–Kier alpha value is -1.59. The van der Waals surface area contributed by atoms with Gasteiger partial charge in [-0.1, -0.05) is 30.3 Å². The van der Waals surface area contributed by atoms with Gasteiger partial charge in [0.05, 0.1) is 12.1 Å². The maximum Gasteiger partial charge on any atom is 0.407 e. The van der Waals surface area contributed by atoms with Crippen LogP contribution in [0.3, 0.4) is 0 Å². The second kappa shape index (κ2) is 7.68. The fourth-order valence-corrected chi connectivity index (χ4v) is 1.43. The fraction of sp³-hybridized carbons (Fsp3) is 0.462. The summed E-state index contributed by atoms with van der Waals surface area (Å²) in [5.41, 5.74) is 0.899. The summed E-state index contributed by atoms with van der Waals surface area (Å²) in [5, 5.41) is 20.7. The summed E-state index contributed by atoms with van der Waals surface area (Å²) < 4.78 is 5.00. The molecule has 2 atom stereocenters. The number of aliphatic hydroxyl groups is 2. The highest BCUT2D eigenvalue weighted by Crippen LogP contribution is 2.02. The van der Waals surface area contributed by atoms with Gasteiger partial charge < -0.3 is 20.3 Å². The van der Waals surface area contributed by atoms with Gasteiger partial charge >= 0.3 is 6.09 Å². The second-order valence-corrected chi connectivity index (χ2v) is 4.07. The second-order valence-electron chi connectivity index (χ2n) is 4.07. The zero-order valence-electron chi connectivity index (χ0n) is 10.4. The average molecular weight is 253 g/mol. The van der Waals surface area contributed by atoms with E-state index in [4.69, 9.17) is 9.84 Å². The van der Waals surface area contributed by atoms with Crippen LogP contribution < -0.4 is 5.32 Å². The predicted octanol–water partition coefficient (Wildman–Crippen LogP) is 1.04. The van der Waals surface area contributed by atoms with Crippen molar-refractivity contribution in [1.82, 2.24) is 5.32 Å². The van der Waals surface area contributed by atoms with Crippen LogP contribution in [0, 0.1) is 0 Å². The van der Waals surface area contributed by atoms with Gasteiger partial charge in [0.2, 0.25) is 0 Å². The Morgan fingerprint density at radius 3 is 2.67 bits per heavy atom. The van der Waals surface area contributed by atoms with Crippen molar-refractivity contribution < 1.29 is 19.7 Å². The molecule has 0 radical (unpaired) electrons. The number of rotatable bonds is 6. The first-order valence-corrected chi connectivity index (χ1v) is 5.89. The highest BCUT2D eigenvalue weighted by molar-refractivity contribution is 5.67. The summed E-state index contributed by atoms with van der Waals surface area (Å²) in [6.45, 7) is 1.73. The third-order valence-electron chi connectivity index (χ3n) is 2.56. The summed E-state index contributed by atoms with van der Waals surface area (Å²) in [7, 11) is 0. The monoisotopic (exact) mass is 253 g/mol. The quantitative estimate of drug-likeness (QED) is 0.708. The average Bonchev–Trinajstić information content (AvgIpc) is 2.38. The number of alkyl carbamates (subject to hydrolysis) is 1. The van der Waals surface area contributed by atoms with Crippen LogP contribution in [0.15, 0.2) is 30.3 Å². The van der Waals surface area contributed by atoms with Gasteiger partial charge in [0.15, 0.2) is 0 Å². The number of aliphatic hydroxyl groups excluding tert-OH is 2. The first kappa shape index (κ1) is 14.5. The van der Waals surface area contributed by atoms with Crippen LogP contribution in [0.1, 0.15) is 18.9 Å². The molecule has 1 aromatic rings. The van der Waals surface area contributed by atoms with Crippen molar-refractivity contribution >= 4 is 6.09 Å². The molecule has 100 valence electrons. The number of ether oxygens (including phenoxy) is 1. The van der Waals surface area contributed by atoms with E-state index < -0.39 is 18.2 Å². The number of carbonyl (C=O) groups excluding carboxylic acids is 1. The molecule has 0 aliphatic rings. The predicted molar refractivity (Wildman–Crippen MR) is 66.9 cm³/mol. The van der Waals surface area contributed by atoms with E-state index in [0.29, 0.717) is 0 Å². The lowest BCUT2D eigenvalue weighted by atomic mass is 10.1. The summed E-state index contributed by atoms with van der Waals surface area (Å²) in [6.07, 6.45) is -1.14. The standard InChI is InChI=1S/C13H19NO4/c1-10(12(16)7-8-15)14-13(17)18-9-11-5-3-2-4-6-11/h2-6,10,12,15-16H,7-9H2,1H3,(H,14,17). The van der Waals surface area contributed by atoms with E-state index in [-0.39, 0.29) is 19.6 Å². The minimum Gasteiger partial charge on any atom is -0.445 e. The third kappa shape index (κ3) is 5.16. The van der Waals surface area contributed by atoms with Crippen LogP contribution >= 0.6 is 0 Å². The Morgan fingerprint density at radius 2 is 2.06 bits per heavy atom. The lowest BCUT2D eigenvalue weighted by Gasteiger charge is -2.19. The topological polar surface area (TPSA) is 78.8 Å². The molecular weight excluding hydrogens is 234 g/mol. The first-order valence-electron chi connectivity index (χ1n) is 5.89. The highest BCUT2D eigenvalue weighted by atomic mass is 16.5. The highest BCUT2D eigenvalue weighted by Gasteiger charge is 2.16. The number of benzene rings is 1. The van der Waals surface area contributed by atoms with Crippen molar-refractivity contribution in [3.05, 3.63) is 35.9 Å². The fourth-order valence-electron chi connectivity index (χ4n) is 1.43. The van der Waals surface area contributed by atoms with E-state index in [2.05, 4.69) is 5.32 Å². The van der Waals surface area contributed by atoms with Gasteiger partial charge in [0, 0.05) is 6.61 Å². The zero-order valence-corrected chi connectivity index (χ0v) is 10.4. The van der Waals surface area contributed by atoms with Gasteiger partial charge in [-0.25, -0.2) is 4.79 Å². The molecule has 18 heavy (non-hydrogen) atoms. The van der Waals surface area contributed by atoms with Crippen LogP contribution in [0.5, 0.6) is 0 Å². The lowest BCUT2D eigenvalue weighted by molar-refractivity contribution is 0.0882. The minimum atomic E-state index is -0.778. The summed E-state index contributed by atoms with van der Waals surface area (Å²) in [5.74, 6) is 0. The molecule has 0 fully saturated rings. The molecule has 1 aromatic carbocycles. The SMILES string of the molecule is CC(NC(=O)OCc1ccccc1)C(O)CCO. The molecule has 2 unspecified atom stereocenters. The Bertz CT molecular complexity index is 355. The third-order valence-corrected chi connectivity index (χ3v) is 2.56. The number of carbonyl (C=O) groups is 1. The van der Waals surface area contributed by atoms with Crippen molar-refractivity contribution in [2.75, 3.05) is 6.61 Å². The van der Waals surface area contributed by atoms with Gasteiger partial charge in [-0.3, -0.25) is 0 Å².